The Morgan fingerprint density at radius 2 is 1.83 bits per heavy atom. The van der Waals surface area contributed by atoms with Crippen molar-refractivity contribution in [1.82, 2.24) is 4.98 Å². The van der Waals surface area contributed by atoms with E-state index < -0.39 is 17.2 Å². The van der Waals surface area contributed by atoms with E-state index in [0.29, 0.717) is 16.9 Å². The predicted octanol–water partition coefficient (Wildman–Crippen LogP) is 3.53. The van der Waals surface area contributed by atoms with Crippen molar-refractivity contribution in [1.29, 1.82) is 0 Å². The smallest absolute Gasteiger partial charge is 0.443 e. The molecule has 0 aliphatic rings. The van der Waals surface area contributed by atoms with Crippen LogP contribution < -0.4 is 0 Å². The van der Waals surface area contributed by atoms with Gasteiger partial charge < -0.3 is 5.11 Å². The summed E-state index contributed by atoms with van der Waals surface area (Å²) < 4.78 is 37.1. The zero-order valence-corrected chi connectivity index (χ0v) is 9.55. The number of hydrogen-bond acceptors (Lipinski definition) is 3. The molecule has 0 fully saturated rings. The van der Waals surface area contributed by atoms with Gasteiger partial charge in [-0.05, 0) is 12.1 Å². The van der Waals surface area contributed by atoms with Crippen LogP contribution in [0.25, 0.3) is 11.3 Å². The van der Waals surface area contributed by atoms with Gasteiger partial charge in [-0.25, -0.2) is 9.78 Å². The Kier molecular flexibility index (Phi) is 3.08. The third kappa shape index (κ3) is 2.51. The van der Waals surface area contributed by atoms with Crippen LogP contribution in [0.15, 0.2) is 29.6 Å². The van der Waals surface area contributed by atoms with Gasteiger partial charge in [0.15, 0.2) is 5.01 Å². The van der Waals surface area contributed by atoms with Gasteiger partial charge in [0.1, 0.15) is 0 Å². The second kappa shape index (κ2) is 4.41. The summed E-state index contributed by atoms with van der Waals surface area (Å²) in [6.45, 7) is 0. The summed E-state index contributed by atoms with van der Waals surface area (Å²) in [5.41, 5.74) is 0.709. The average molecular weight is 273 g/mol. The van der Waals surface area contributed by atoms with Gasteiger partial charge in [-0.1, -0.05) is 12.1 Å². The first kappa shape index (κ1) is 12.6. The van der Waals surface area contributed by atoms with E-state index in [-0.39, 0.29) is 11.3 Å². The fourth-order valence-electron chi connectivity index (χ4n) is 1.32. The maximum Gasteiger partial charge on any atom is 0.443 e. The summed E-state index contributed by atoms with van der Waals surface area (Å²) in [5, 5.41) is 9.07. The number of aromatic carboxylic acids is 1. The molecule has 1 heterocycles. The molecule has 2 aromatic rings. The number of rotatable bonds is 2. The van der Waals surface area contributed by atoms with Crippen LogP contribution >= 0.6 is 11.3 Å². The first-order chi connectivity index (χ1) is 8.38. The minimum absolute atomic E-state index is 0.0741. The SMILES string of the molecule is O=C(O)c1ccc(-c2csc(C(F)(F)F)n2)cc1. The second-order valence-corrected chi connectivity index (χ2v) is 4.28. The normalized spacial score (nSPS) is 11.5. The number of carbonyl (C=O) groups is 1. The molecular weight excluding hydrogens is 267 g/mol. The van der Waals surface area contributed by atoms with Crippen molar-refractivity contribution >= 4 is 17.3 Å². The van der Waals surface area contributed by atoms with Crippen molar-refractivity contribution < 1.29 is 23.1 Å². The summed E-state index contributed by atoms with van der Waals surface area (Å²) >= 11 is 0.509. The molecule has 0 unspecified atom stereocenters. The molecule has 1 N–H and O–H groups in total. The lowest BCUT2D eigenvalue weighted by atomic mass is 10.1. The molecule has 18 heavy (non-hydrogen) atoms. The summed E-state index contributed by atoms with van der Waals surface area (Å²) in [7, 11) is 0. The lowest BCUT2D eigenvalue weighted by Gasteiger charge is -2.00. The molecule has 0 radical (unpaired) electrons. The van der Waals surface area contributed by atoms with Crippen molar-refractivity contribution in [2.45, 2.75) is 6.18 Å². The van der Waals surface area contributed by atoms with Gasteiger partial charge in [-0.15, -0.1) is 11.3 Å². The fourth-order valence-corrected chi connectivity index (χ4v) is 2.02. The van der Waals surface area contributed by atoms with E-state index in [4.69, 9.17) is 5.11 Å². The van der Waals surface area contributed by atoms with Crippen LogP contribution in [0.2, 0.25) is 0 Å². The molecule has 3 nitrogen and oxygen atoms in total. The number of halogens is 3. The largest absolute Gasteiger partial charge is 0.478 e. The third-order valence-corrected chi connectivity index (χ3v) is 3.06. The van der Waals surface area contributed by atoms with Crippen LogP contribution in [0, 0.1) is 0 Å². The Morgan fingerprint density at radius 1 is 1.22 bits per heavy atom. The molecule has 0 amide bonds. The summed E-state index contributed by atoms with van der Waals surface area (Å²) in [5.74, 6) is -1.09. The number of carboxylic acid groups (broad SMARTS) is 1. The van der Waals surface area contributed by atoms with E-state index in [0.717, 1.165) is 0 Å². The molecule has 0 spiro atoms. The third-order valence-electron chi connectivity index (χ3n) is 2.17. The predicted molar refractivity (Wildman–Crippen MR) is 59.5 cm³/mol. The minimum Gasteiger partial charge on any atom is -0.478 e. The highest BCUT2D eigenvalue weighted by atomic mass is 32.1. The lowest BCUT2D eigenvalue weighted by molar-refractivity contribution is -0.137. The number of benzene rings is 1. The van der Waals surface area contributed by atoms with Crippen LogP contribution in [-0.2, 0) is 6.18 Å². The number of aromatic nitrogens is 1. The van der Waals surface area contributed by atoms with Crippen molar-refractivity contribution in [2.75, 3.05) is 0 Å². The maximum absolute atomic E-state index is 12.4. The van der Waals surface area contributed by atoms with Gasteiger partial charge >= 0.3 is 12.1 Å². The van der Waals surface area contributed by atoms with E-state index in [9.17, 15) is 18.0 Å². The van der Waals surface area contributed by atoms with Crippen molar-refractivity contribution in [3.8, 4) is 11.3 Å². The molecule has 1 aromatic carbocycles. The van der Waals surface area contributed by atoms with Crippen LogP contribution in [-0.4, -0.2) is 16.1 Å². The van der Waals surface area contributed by atoms with E-state index in [1.165, 1.54) is 29.6 Å². The molecule has 1 aromatic heterocycles. The molecule has 0 bridgehead atoms. The van der Waals surface area contributed by atoms with Gasteiger partial charge in [0.25, 0.3) is 0 Å². The monoisotopic (exact) mass is 273 g/mol. The van der Waals surface area contributed by atoms with Gasteiger partial charge in [0.2, 0.25) is 0 Å². The van der Waals surface area contributed by atoms with Crippen LogP contribution in [0.1, 0.15) is 15.4 Å². The Labute approximate surface area is 104 Å². The molecule has 0 atom stereocenters. The Hall–Kier alpha value is -1.89. The first-order valence-electron chi connectivity index (χ1n) is 4.74. The first-order valence-corrected chi connectivity index (χ1v) is 5.62. The fraction of sp³-hybridized carbons (Fsp3) is 0.0909. The number of alkyl halides is 3. The van der Waals surface area contributed by atoms with Crippen LogP contribution in [0.4, 0.5) is 13.2 Å². The van der Waals surface area contributed by atoms with Crippen molar-refractivity contribution in [3.63, 3.8) is 0 Å². The summed E-state index contributed by atoms with van der Waals surface area (Å²) in [6, 6.07) is 5.51. The van der Waals surface area contributed by atoms with Crippen LogP contribution in [0.5, 0.6) is 0 Å². The number of nitrogens with zero attached hydrogens (tertiary/aromatic N) is 1. The zero-order valence-electron chi connectivity index (χ0n) is 8.73. The summed E-state index contributed by atoms with van der Waals surface area (Å²) in [6.07, 6.45) is -4.45. The van der Waals surface area contributed by atoms with Gasteiger partial charge in [0, 0.05) is 10.9 Å². The molecule has 2 rings (SSSR count). The Balaban J connectivity index is 2.32. The van der Waals surface area contributed by atoms with E-state index >= 15 is 0 Å². The zero-order chi connectivity index (χ0) is 13.3. The highest BCUT2D eigenvalue weighted by molar-refractivity contribution is 7.10. The lowest BCUT2D eigenvalue weighted by Crippen LogP contribution is -2.03. The minimum atomic E-state index is -4.45. The Morgan fingerprint density at radius 3 is 2.28 bits per heavy atom. The average Bonchev–Trinajstić information content (AvgIpc) is 2.78. The molecule has 0 aliphatic heterocycles. The number of carboxylic acids is 1. The molecular formula is C11H6F3NO2S. The van der Waals surface area contributed by atoms with Crippen molar-refractivity contribution in [2.24, 2.45) is 0 Å². The topological polar surface area (TPSA) is 50.2 Å². The van der Waals surface area contributed by atoms with Gasteiger partial charge in [-0.2, -0.15) is 13.2 Å². The standard InChI is InChI=1S/C11H6F3NO2S/c12-11(13,14)10-15-8(5-18-10)6-1-3-7(4-2-6)9(16)17/h1-5H,(H,16,17). The highest BCUT2D eigenvalue weighted by Gasteiger charge is 2.34. The molecule has 7 heteroatoms. The summed E-state index contributed by atoms with van der Waals surface area (Å²) in [4.78, 5) is 14.1. The molecule has 0 aliphatic carbocycles. The molecule has 94 valence electrons. The van der Waals surface area contributed by atoms with E-state index in [1.807, 2.05) is 0 Å². The molecule has 0 saturated carbocycles. The Bertz CT molecular complexity index is 575. The molecule has 0 saturated heterocycles. The van der Waals surface area contributed by atoms with E-state index in [2.05, 4.69) is 4.98 Å². The highest BCUT2D eigenvalue weighted by Crippen LogP contribution is 2.34. The van der Waals surface area contributed by atoms with Crippen molar-refractivity contribution in [3.05, 3.63) is 40.2 Å². The quantitative estimate of drug-likeness (QED) is 0.910. The number of thiazole rings is 1. The van der Waals surface area contributed by atoms with E-state index in [1.54, 1.807) is 0 Å². The van der Waals surface area contributed by atoms with Gasteiger partial charge in [0.05, 0.1) is 11.3 Å². The van der Waals surface area contributed by atoms with Gasteiger partial charge in [-0.3, -0.25) is 0 Å². The second-order valence-electron chi connectivity index (χ2n) is 3.42. The van der Waals surface area contributed by atoms with Crippen LogP contribution in [0.3, 0.4) is 0 Å². The maximum atomic E-state index is 12.4. The number of hydrogen-bond donors (Lipinski definition) is 1.